The molecule has 0 bridgehead atoms. The SMILES string of the molecule is Cc1cc(O)cc(C)c1CCCCN1CCNCC1. The largest absolute Gasteiger partial charge is 0.508 e. The van der Waals surface area contributed by atoms with Crippen LogP contribution in [0.2, 0.25) is 0 Å². The van der Waals surface area contributed by atoms with Crippen molar-refractivity contribution in [2.75, 3.05) is 32.7 Å². The van der Waals surface area contributed by atoms with Gasteiger partial charge in [-0.05, 0) is 68.5 Å². The minimum absolute atomic E-state index is 0.388. The highest BCUT2D eigenvalue weighted by molar-refractivity contribution is 5.40. The Kier molecular flexibility index (Phi) is 5.23. The number of nitrogens with one attached hydrogen (secondary N) is 1. The lowest BCUT2D eigenvalue weighted by Gasteiger charge is -2.27. The summed E-state index contributed by atoms with van der Waals surface area (Å²) in [6.45, 7) is 10.1. The highest BCUT2D eigenvalue weighted by Crippen LogP contribution is 2.22. The predicted molar refractivity (Wildman–Crippen MR) is 79.8 cm³/mol. The standard InChI is InChI=1S/C16H26N2O/c1-13-11-15(19)12-14(2)16(13)5-3-4-8-18-9-6-17-7-10-18/h11-12,17,19H,3-10H2,1-2H3. The van der Waals surface area contributed by atoms with Gasteiger partial charge in [-0.15, -0.1) is 0 Å². The van der Waals surface area contributed by atoms with E-state index >= 15 is 0 Å². The van der Waals surface area contributed by atoms with Gasteiger partial charge in [-0.3, -0.25) is 0 Å². The van der Waals surface area contributed by atoms with Crippen LogP contribution in [0.4, 0.5) is 0 Å². The van der Waals surface area contributed by atoms with Crippen molar-refractivity contribution in [1.29, 1.82) is 0 Å². The number of hydrogen-bond donors (Lipinski definition) is 2. The molecule has 106 valence electrons. The molecule has 1 aliphatic heterocycles. The van der Waals surface area contributed by atoms with Gasteiger partial charge < -0.3 is 15.3 Å². The number of aryl methyl sites for hydroxylation is 2. The molecule has 0 spiro atoms. The molecule has 0 radical (unpaired) electrons. The molecule has 1 heterocycles. The molecule has 3 nitrogen and oxygen atoms in total. The van der Waals surface area contributed by atoms with Crippen molar-refractivity contribution in [3.05, 3.63) is 28.8 Å². The number of phenolic OH excluding ortho intramolecular Hbond substituents is 1. The Balaban J connectivity index is 1.76. The first-order valence-corrected chi connectivity index (χ1v) is 7.39. The molecule has 3 heteroatoms. The molecule has 2 rings (SSSR count). The summed E-state index contributed by atoms with van der Waals surface area (Å²) in [6.07, 6.45) is 3.63. The number of piperazine rings is 1. The first-order chi connectivity index (χ1) is 9.16. The van der Waals surface area contributed by atoms with E-state index in [0.29, 0.717) is 5.75 Å². The smallest absolute Gasteiger partial charge is 0.116 e. The van der Waals surface area contributed by atoms with Crippen molar-refractivity contribution in [2.24, 2.45) is 0 Å². The number of hydrogen-bond acceptors (Lipinski definition) is 3. The van der Waals surface area contributed by atoms with Crippen molar-refractivity contribution in [2.45, 2.75) is 33.1 Å². The average molecular weight is 262 g/mol. The van der Waals surface area contributed by atoms with Gasteiger partial charge in [0.25, 0.3) is 0 Å². The third-order valence-electron chi connectivity index (χ3n) is 4.04. The highest BCUT2D eigenvalue weighted by Gasteiger charge is 2.09. The van der Waals surface area contributed by atoms with Crippen LogP contribution < -0.4 is 5.32 Å². The third kappa shape index (κ3) is 4.22. The Labute approximate surface area is 116 Å². The number of nitrogens with zero attached hydrogens (tertiary/aromatic N) is 1. The lowest BCUT2D eigenvalue weighted by Crippen LogP contribution is -2.43. The summed E-state index contributed by atoms with van der Waals surface area (Å²) < 4.78 is 0. The van der Waals surface area contributed by atoms with Gasteiger partial charge >= 0.3 is 0 Å². The molecule has 19 heavy (non-hydrogen) atoms. The molecule has 0 saturated carbocycles. The second kappa shape index (κ2) is 6.92. The van der Waals surface area contributed by atoms with Crippen LogP contribution in [0, 0.1) is 13.8 Å². The first-order valence-electron chi connectivity index (χ1n) is 7.39. The van der Waals surface area contributed by atoms with Crippen molar-refractivity contribution in [1.82, 2.24) is 10.2 Å². The van der Waals surface area contributed by atoms with E-state index in [1.807, 2.05) is 12.1 Å². The fourth-order valence-electron chi connectivity index (χ4n) is 2.94. The van der Waals surface area contributed by atoms with Crippen LogP contribution in [0.5, 0.6) is 5.75 Å². The Hall–Kier alpha value is -1.06. The molecular formula is C16H26N2O. The molecule has 1 fully saturated rings. The number of aromatic hydroxyl groups is 1. The summed E-state index contributed by atoms with van der Waals surface area (Å²) in [5.74, 6) is 0.388. The number of phenols is 1. The zero-order chi connectivity index (χ0) is 13.7. The first kappa shape index (κ1) is 14.4. The van der Waals surface area contributed by atoms with Gasteiger partial charge in [-0.2, -0.15) is 0 Å². The summed E-state index contributed by atoms with van der Waals surface area (Å²) in [6, 6.07) is 3.75. The van der Waals surface area contributed by atoms with E-state index in [2.05, 4.69) is 24.1 Å². The normalized spacial score (nSPS) is 16.7. The van der Waals surface area contributed by atoms with E-state index in [1.165, 1.54) is 49.2 Å². The summed E-state index contributed by atoms with van der Waals surface area (Å²) in [5, 5.41) is 12.9. The molecule has 1 aromatic rings. The van der Waals surface area contributed by atoms with Crippen molar-refractivity contribution >= 4 is 0 Å². The van der Waals surface area contributed by atoms with Crippen molar-refractivity contribution in [3.8, 4) is 5.75 Å². The van der Waals surface area contributed by atoms with E-state index < -0.39 is 0 Å². The van der Waals surface area contributed by atoms with Gasteiger partial charge in [0.2, 0.25) is 0 Å². The van der Waals surface area contributed by atoms with Crippen LogP contribution >= 0.6 is 0 Å². The maximum atomic E-state index is 9.55. The molecule has 2 N–H and O–H groups in total. The van der Waals surface area contributed by atoms with Gasteiger partial charge in [0, 0.05) is 26.2 Å². The van der Waals surface area contributed by atoms with Gasteiger partial charge in [-0.1, -0.05) is 0 Å². The zero-order valence-electron chi connectivity index (χ0n) is 12.2. The summed E-state index contributed by atoms with van der Waals surface area (Å²) in [4.78, 5) is 2.55. The molecule has 0 aromatic heterocycles. The van der Waals surface area contributed by atoms with Gasteiger partial charge in [0.15, 0.2) is 0 Å². The maximum Gasteiger partial charge on any atom is 0.116 e. The van der Waals surface area contributed by atoms with Crippen molar-refractivity contribution in [3.63, 3.8) is 0 Å². The van der Waals surface area contributed by atoms with Crippen LogP contribution in [-0.4, -0.2) is 42.7 Å². The van der Waals surface area contributed by atoms with E-state index in [9.17, 15) is 5.11 Å². The maximum absolute atomic E-state index is 9.55. The van der Waals surface area contributed by atoms with Crippen LogP contribution in [0.3, 0.4) is 0 Å². The molecule has 0 unspecified atom stereocenters. The number of unbranched alkanes of at least 4 members (excludes halogenated alkanes) is 1. The lowest BCUT2D eigenvalue weighted by molar-refractivity contribution is 0.237. The van der Waals surface area contributed by atoms with E-state index in [-0.39, 0.29) is 0 Å². The highest BCUT2D eigenvalue weighted by atomic mass is 16.3. The molecule has 0 atom stereocenters. The van der Waals surface area contributed by atoms with Gasteiger partial charge in [0.1, 0.15) is 5.75 Å². The van der Waals surface area contributed by atoms with E-state index in [1.54, 1.807) is 0 Å². The van der Waals surface area contributed by atoms with E-state index in [4.69, 9.17) is 0 Å². The molecular weight excluding hydrogens is 236 g/mol. The third-order valence-corrected chi connectivity index (χ3v) is 4.04. The minimum atomic E-state index is 0.388. The summed E-state index contributed by atoms with van der Waals surface area (Å²) >= 11 is 0. The van der Waals surface area contributed by atoms with E-state index in [0.717, 1.165) is 19.5 Å². The predicted octanol–water partition coefficient (Wildman–Crippen LogP) is 2.24. The Morgan fingerprint density at radius 3 is 2.37 bits per heavy atom. The molecule has 1 aromatic carbocycles. The topological polar surface area (TPSA) is 35.5 Å². The quantitative estimate of drug-likeness (QED) is 0.799. The Bertz CT molecular complexity index is 388. The van der Waals surface area contributed by atoms with Crippen molar-refractivity contribution < 1.29 is 5.11 Å². The van der Waals surface area contributed by atoms with Gasteiger partial charge in [-0.25, -0.2) is 0 Å². The molecule has 0 aliphatic carbocycles. The van der Waals surface area contributed by atoms with Crippen LogP contribution in [-0.2, 0) is 6.42 Å². The van der Waals surface area contributed by atoms with Crippen LogP contribution in [0.25, 0.3) is 0 Å². The monoisotopic (exact) mass is 262 g/mol. The minimum Gasteiger partial charge on any atom is -0.508 e. The summed E-state index contributed by atoms with van der Waals surface area (Å²) in [5.41, 5.74) is 3.86. The average Bonchev–Trinajstić information content (AvgIpc) is 2.38. The van der Waals surface area contributed by atoms with Gasteiger partial charge in [0.05, 0.1) is 0 Å². The number of benzene rings is 1. The fourth-order valence-corrected chi connectivity index (χ4v) is 2.94. The Morgan fingerprint density at radius 2 is 1.74 bits per heavy atom. The summed E-state index contributed by atoms with van der Waals surface area (Å²) in [7, 11) is 0. The van der Waals surface area contributed by atoms with Crippen LogP contribution in [0.15, 0.2) is 12.1 Å². The molecule has 1 saturated heterocycles. The van der Waals surface area contributed by atoms with Crippen LogP contribution in [0.1, 0.15) is 29.5 Å². The number of rotatable bonds is 5. The zero-order valence-corrected chi connectivity index (χ0v) is 12.2. The fraction of sp³-hybridized carbons (Fsp3) is 0.625. The molecule has 0 amide bonds. The lowest BCUT2D eigenvalue weighted by atomic mass is 9.97. The second-order valence-electron chi connectivity index (χ2n) is 5.61. The Morgan fingerprint density at radius 1 is 1.11 bits per heavy atom. The second-order valence-corrected chi connectivity index (χ2v) is 5.61. The molecule has 1 aliphatic rings.